The van der Waals surface area contributed by atoms with E-state index in [-0.39, 0.29) is 12.0 Å². The second-order valence-corrected chi connectivity index (χ2v) is 6.56. The molecule has 2 amide bonds. The molecule has 0 aliphatic carbocycles. The molecule has 0 radical (unpaired) electrons. The fourth-order valence-electron chi connectivity index (χ4n) is 2.58. The summed E-state index contributed by atoms with van der Waals surface area (Å²) in [6.07, 6.45) is 0. The fourth-order valence-corrected chi connectivity index (χ4v) is 2.58. The third-order valence-electron chi connectivity index (χ3n) is 4.14. The van der Waals surface area contributed by atoms with E-state index in [1.807, 2.05) is 54.6 Å². The first-order valence-electron chi connectivity index (χ1n) is 9.48. The molecule has 3 aromatic carbocycles. The Morgan fingerprint density at radius 3 is 1.81 bits per heavy atom. The Kier molecular flexibility index (Phi) is 7.01. The highest BCUT2D eigenvalue weighted by Crippen LogP contribution is 2.13. The highest BCUT2D eigenvalue weighted by atomic mass is 16.2. The van der Waals surface area contributed by atoms with Gasteiger partial charge in [-0.2, -0.15) is 5.10 Å². The number of hydrogen-bond donors (Lipinski definition) is 4. The summed E-state index contributed by atoms with van der Waals surface area (Å²) in [6, 6.07) is 23.9. The molecule has 3 aromatic rings. The minimum atomic E-state index is -0.346. The molecular weight excluding hydrogens is 388 g/mol. The molecule has 3 rings (SSSR count). The Hall–Kier alpha value is -4.57. The van der Waals surface area contributed by atoms with Gasteiger partial charge < -0.3 is 22.1 Å². The molecule has 7 nitrogen and oxygen atoms in total. The van der Waals surface area contributed by atoms with Gasteiger partial charge in [0.1, 0.15) is 0 Å². The number of nitrogens with two attached hydrogens (primary N) is 2. The van der Waals surface area contributed by atoms with Gasteiger partial charge in [0.25, 0.3) is 0 Å². The first-order valence-corrected chi connectivity index (χ1v) is 9.48. The smallest absolute Gasteiger partial charge is 0.323 e. The van der Waals surface area contributed by atoms with Crippen LogP contribution in [0.5, 0.6) is 0 Å². The first-order chi connectivity index (χ1) is 15.0. The second-order valence-electron chi connectivity index (χ2n) is 6.56. The predicted molar refractivity (Wildman–Crippen MR) is 126 cm³/mol. The average molecular weight is 410 g/mol. The number of urea groups is 1. The van der Waals surface area contributed by atoms with Gasteiger partial charge in [-0.3, -0.25) is 0 Å². The van der Waals surface area contributed by atoms with E-state index in [2.05, 4.69) is 32.7 Å². The zero-order valence-electron chi connectivity index (χ0n) is 17.0. The predicted octanol–water partition coefficient (Wildman–Crippen LogP) is 3.73. The van der Waals surface area contributed by atoms with Gasteiger partial charge in [0.05, 0.1) is 5.71 Å². The standard InChI is InChI=1S/C24H22N6O/c1-17(29-30-23(25)26)20-11-15-22(16-12-20)28-24(31)27-21-13-9-19(10-14-21)8-7-18-5-3-2-4-6-18/h2-6,9-16H,1H3,(H4,25,26,30)(H2,27,28,31)/b29-17+. The number of nitrogens with zero attached hydrogens (tertiary/aromatic N) is 2. The van der Waals surface area contributed by atoms with Crippen molar-refractivity contribution < 1.29 is 4.79 Å². The topological polar surface area (TPSA) is 118 Å². The van der Waals surface area contributed by atoms with E-state index in [1.165, 1.54) is 0 Å². The molecule has 0 aliphatic heterocycles. The highest BCUT2D eigenvalue weighted by molar-refractivity contribution is 6.01. The van der Waals surface area contributed by atoms with Gasteiger partial charge in [0.15, 0.2) is 0 Å². The van der Waals surface area contributed by atoms with Crippen molar-refractivity contribution in [2.75, 3.05) is 10.6 Å². The summed E-state index contributed by atoms with van der Waals surface area (Å²) in [5.74, 6) is 6.10. The van der Waals surface area contributed by atoms with E-state index < -0.39 is 0 Å². The van der Waals surface area contributed by atoms with Crippen molar-refractivity contribution in [3.8, 4) is 11.8 Å². The lowest BCUT2D eigenvalue weighted by Gasteiger charge is -2.08. The first kappa shape index (κ1) is 21.1. The molecule has 0 heterocycles. The number of amides is 2. The number of rotatable bonds is 4. The van der Waals surface area contributed by atoms with Crippen LogP contribution in [0.3, 0.4) is 0 Å². The SMILES string of the molecule is C/C(=N\N=C(N)N)c1ccc(NC(=O)Nc2ccc(C#Cc3ccccc3)cc2)cc1. The van der Waals surface area contributed by atoms with Gasteiger partial charge in [0, 0.05) is 22.5 Å². The summed E-state index contributed by atoms with van der Waals surface area (Å²) in [7, 11) is 0. The summed E-state index contributed by atoms with van der Waals surface area (Å²) in [5, 5.41) is 13.1. The van der Waals surface area contributed by atoms with Crippen LogP contribution in [-0.4, -0.2) is 17.7 Å². The van der Waals surface area contributed by atoms with Gasteiger partial charge in [-0.05, 0) is 61.0 Å². The molecule has 154 valence electrons. The number of carbonyl (C=O) groups excluding carboxylic acids is 1. The minimum Gasteiger partial charge on any atom is -0.369 e. The fraction of sp³-hybridized carbons (Fsp3) is 0.0417. The lowest BCUT2D eigenvalue weighted by atomic mass is 10.1. The molecule has 6 N–H and O–H groups in total. The van der Waals surface area contributed by atoms with Gasteiger partial charge in [-0.25, -0.2) is 4.79 Å². The number of anilines is 2. The largest absolute Gasteiger partial charge is 0.369 e. The summed E-state index contributed by atoms with van der Waals surface area (Å²) in [4.78, 5) is 12.3. The number of benzene rings is 3. The summed E-state index contributed by atoms with van der Waals surface area (Å²) >= 11 is 0. The molecule has 0 aromatic heterocycles. The van der Waals surface area contributed by atoms with Crippen molar-refractivity contribution in [2.24, 2.45) is 21.7 Å². The maximum atomic E-state index is 12.3. The maximum absolute atomic E-state index is 12.3. The zero-order valence-corrected chi connectivity index (χ0v) is 17.0. The molecule has 0 unspecified atom stereocenters. The van der Waals surface area contributed by atoms with Crippen molar-refractivity contribution in [1.29, 1.82) is 0 Å². The second kappa shape index (κ2) is 10.3. The molecular formula is C24H22N6O. The van der Waals surface area contributed by atoms with Crippen molar-refractivity contribution in [1.82, 2.24) is 0 Å². The Morgan fingerprint density at radius 1 is 0.742 bits per heavy atom. The van der Waals surface area contributed by atoms with Crippen molar-refractivity contribution in [2.45, 2.75) is 6.92 Å². The molecule has 0 atom stereocenters. The monoisotopic (exact) mass is 410 g/mol. The number of hydrogen-bond acceptors (Lipinski definition) is 3. The normalized spacial score (nSPS) is 10.4. The molecule has 0 aliphatic rings. The number of nitrogens with one attached hydrogen (secondary N) is 2. The van der Waals surface area contributed by atoms with Crippen LogP contribution in [0.15, 0.2) is 89.1 Å². The van der Waals surface area contributed by atoms with Crippen molar-refractivity contribution in [3.05, 3.63) is 95.6 Å². The van der Waals surface area contributed by atoms with Crippen LogP contribution in [0.1, 0.15) is 23.6 Å². The molecule has 0 saturated carbocycles. The zero-order chi connectivity index (χ0) is 22.1. The van der Waals surface area contributed by atoms with E-state index in [1.54, 1.807) is 31.2 Å². The van der Waals surface area contributed by atoms with E-state index in [0.717, 1.165) is 16.7 Å². The highest BCUT2D eigenvalue weighted by Gasteiger charge is 2.04. The quantitative estimate of drug-likeness (QED) is 0.227. The summed E-state index contributed by atoms with van der Waals surface area (Å²) in [5.41, 5.74) is 15.1. The molecule has 0 spiro atoms. The third kappa shape index (κ3) is 6.76. The molecule has 0 fully saturated rings. The summed E-state index contributed by atoms with van der Waals surface area (Å²) < 4.78 is 0. The number of carbonyl (C=O) groups is 1. The Labute approximate surface area is 180 Å². The van der Waals surface area contributed by atoms with Crippen molar-refractivity contribution >= 4 is 29.1 Å². The van der Waals surface area contributed by atoms with E-state index in [9.17, 15) is 4.79 Å². The van der Waals surface area contributed by atoms with E-state index >= 15 is 0 Å². The van der Waals surface area contributed by atoms with Crippen molar-refractivity contribution in [3.63, 3.8) is 0 Å². The van der Waals surface area contributed by atoms with Gasteiger partial charge in [-0.1, -0.05) is 42.2 Å². The van der Waals surface area contributed by atoms with E-state index in [4.69, 9.17) is 11.5 Å². The van der Waals surface area contributed by atoms with Crippen LogP contribution in [-0.2, 0) is 0 Å². The minimum absolute atomic E-state index is 0.106. The maximum Gasteiger partial charge on any atom is 0.323 e. The van der Waals surface area contributed by atoms with Gasteiger partial charge >= 0.3 is 6.03 Å². The molecule has 7 heteroatoms. The van der Waals surface area contributed by atoms with Crippen LogP contribution >= 0.6 is 0 Å². The number of guanidine groups is 1. The van der Waals surface area contributed by atoms with E-state index in [0.29, 0.717) is 17.1 Å². The van der Waals surface area contributed by atoms with Crippen LogP contribution in [0.4, 0.5) is 16.2 Å². The average Bonchev–Trinajstić information content (AvgIpc) is 2.78. The Bertz CT molecular complexity index is 1150. The lowest BCUT2D eigenvalue weighted by Crippen LogP contribution is -2.22. The van der Waals surface area contributed by atoms with Crippen LogP contribution in [0.25, 0.3) is 0 Å². The summed E-state index contributed by atoms with van der Waals surface area (Å²) in [6.45, 7) is 1.79. The van der Waals surface area contributed by atoms with Gasteiger partial charge in [-0.15, -0.1) is 5.10 Å². The van der Waals surface area contributed by atoms with Crippen LogP contribution < -0.4 is 22.1 Å². The Balaban J connectivity index is 1.56. The third-order valence-corrected chi connectivity index (χ3v) is 4.14. The molecule has 0 bridgehead atoms. The Morgan fingerprint density at radius 2 is 1.26 bits per heavy atom. The lowest BCUT2D eigenvalue weighted by molar-refractivity contribution is 0.262. The van der Waals surface area contributed by atoms with Crippen LogP contribution in [0, 0.1) is 11.8 Å². The van der Waals surface area contributed by atoms with Gasteiger partial charge in [0.2, 0.25) is 5.96 Å². The van der Waals surface area contributed by atoms with Crippen LogP contribution in [0.2, 0.25) is 0 Å². The molecule has 31 heavy (non-hydrogen) atoms. The molecule has 0 saturated heterocycles.